The van der Waals surface area contributed by atoms with Crippen LogP contribution in [0.1, 0.15) is 66.0 Å². The Morgan fingerprint density at radius 3 is 2.64 bits per heavy atom. The molecular formula is C26H35N7O3. The third-order valence-corrected chi connectivity index (χ3v) is 6.01. The first-order chi connectivity index (χ1) is 17.2. The summed E-state index contributed by atoms with van der Waals surface area (Å²) in [6.45, 7) is 4.60. The number of nitrogens with two attached hydrogens (primary N) is 2. The number of benzene rings is 1. The number of anilines is 2. The van der Waals surface area contributed by atoms with E-state index in [4.69, 9.17) is 16.5 Å². The highest BCUT2D eigenvalue weighted by Gasteiger charge is 2.30. The van der Waals surface area contributed by atoms with Crippen LogP contribution in [0.5, 0.6) is 0 Å². The van der Waals surface area contributed by atoms with E-state index in [1.54, 1.807) is 13.1 Å². The molecule has 1 heterocycles. The van der Waals surface area contributed by atoms with Crippen molar-refractivity contribution in [3.05, 3.63) is 59.1 Å². The molecule has 10 heteroatoms. The molecule has 36 heavy (non-hydrogen) atoms. The molecule has 1 saturated carbocycles. The average Bonchev–Trinajstić information content (AvgIpc) is 3.71. The lowest BCUT2D eigenvalue weighted by Crippen LogP contribution is -2.39. The Labute approximate surface area is 211 Å². The first kappa shape index (κ1) is 26.8. The van der Waals surface area contributed by atoms with Crippen LogP contribution in [-0.4, -0.2) is 59.3 Å². The second-order valence-electron chi connectivity index (χ2n) is 9.03. The number of aryl methyl sites for hydroxylation is 1. The zero-order valence-corrected chi connectivity index (χ0v) is 21.1. The van der Waals surface area contributed by atoms with Gasteiger partial charge in [0, 0.05) is 37.8 Å². The molecule has 3 amide bonds. The van der Waals surface area contributed by atoms with E-state index in [0.717, 1.165) is 35.5 Å². The van der Waals surface area contributed by atoms with Crippen LogP contribution in [-0.2, 0) is 16.0 Å². The van der Waals surface area contributed by atoms with Gasteiger partial charge < -0.3 is 27.0 Å². The summed E-state index contributed by atoms with van der Waals surface area (Å²) in [7, 11) is 1.56. The Morgan fingerprint density at radius 2 is 2.00 bits per heavy atom. The van der Waals surface area contributed by atoms with Gasteiger partial charge in [0.1, 0.15) is 0 Å². The van der Waals surface area contributed by atoms with Gasteiger partial charge in [0.25, 0.3) is 5.91 Å². The van der Waals surface area contributed by atoms with Crippen molar-refractivity contribution >= 4 is 29.2 Å². The highest BCUT2D eigenvalue weighted by molar-refractivity contribution is 5.96. The molecule has 0 spiro atoms. The fourth-order valence-electron chi connectivity index (χ4n) is 3.78. The largest absolute Gasteiger partial charge is 0.364 e. The van der Waals surface area contributed by atoms with Crippen LogP contribution in [0.15, 0.2) is 36.4 Å². The molecular weight excluding hydrogens is 458 g/mol. The Balaban J connectivity index is 1.67. The lowest BCUT2D eigenvalue weighted by atomic mass is 10.0. The minimum Gasteiger partial charge on any atom is -0.364 e. The lowest BCUT2D eigenvalue weighted by Gasteiger charge is -2.18. The van der Waals surface area contributed by atoms with Crippen LogP contribution in [0.4, 0.5) is 11.5 Å². The van der Waals surface area contributed by atoms with Crippen molar-refractivity contribution in [2.75, 3.05) is 32.0 Å². The summed E-state index contributed by atoms with van der Waals surface area (Å²) in [5, 5.41) is 6.09. The van der Waals surface area contributed by atoms with Crippen LogP contribution >= 0.6 is 0 Å². The summed E-state index contributed by atoms with van der Waals surface area (Å²) in [5.41, 5.74) is 14.6. The first-order valence-electron chi connectivity index (χ1n) is 12.2. The summed E-state index contributed by atoms with van der Waals surface area (Å²) < 4.78 is 0. The molecule has 0 unspecified atom stereocenters. The quantitative estimate of drug-likeness (QED) is 0.329. The van der Waals surface area contributed by atoms with Crippen molar-refractivity contribution in [2.45, 2.75) is 44.9 Å². The zero-order valence-electron chi connectivity index (χ0n) is 21.1. The number of carbonyl (C=O) groups is 3. The number of amides is 3. The number of hydrogen-bond donors (Lipinski definition) is 4. The van der Waals surface area contributed by atoms with Gasteiger partial charge in [-0.2, -0.15) is 0 Å². The van der Waals surface area contributed by atoms with Crippen LogP contribution in [0.2, 0.25) is 0 Å². The van der Waals surface area contributed by atoms with Gasteiger partial charge in [0.05, 0.1) is 17.9 Å². The molecule has 0 bridgehead atoms. The van der Waals surface area contributed by atoms with E-state index in [-0.39, 0.29) is 36.5 Å². The summed E-state index contributed by atoms with van der Waals surface area (Å²) >= 11 is 0. The van der Waals surface area contributed by atoms with Crippen molar-refractivity contribution in [3.63, 3.8) is 0 Å². The molecule has 192 valence electrons. The molecule has 1 aliphatic rings. The fraction of sp³-hybridized carbons (Fsp3) is 0.423. The number of nitrogens with one attached hydrogen (secondary N) is 2. The van der Waals surface area contributed by atoms with Gasteiger partial charge in [0.15, 0.2) is 11.5 Å². The SMILES string of the molecule is CCc1nc(C(N)=O)c(Nc2cccc([C@@H](C)CNC(=O)CN(C)C(=O)/C=C/CN)c2)nc1C1CC1. The second-order valence-corrected chi connectivity index (χ2v) is 9.03. The third-order valence-electron chi connectivity index (χ3n) is 6.01. The third kappa shape index (κ3) is 7.11. The number of hydrogen-bond acceptors (Lipinski definition) is 7. The molecule has 2 aromatic rings. The summed E-state index contributed by atoms with van der Waals surface area (Å²) in [6, 6.07) is 7.68. The highest BCUT2D eigenvalue weighted by Crippen LogP contribution is 2.41. The van der Waals surface area contributed by atoms with E-state index < -0.39 is 5.91 Å². The summed E-state index contributed by atoms with van der Waals surface area (Å²) in [6.07, 6.45) is 5.73. The Kier molecular flexibility index (Phi) is 9.13. The Morgan fingerprint density at radius 1 is 1.25 bits per heavy atom. The van der Waals surface area contributed by atoms with Gasteiger partial charge in [-0.25, -0.2) is 9.97 Å². The van der Waals surface area contributed by atoms with E-state index in [1.165, 1.54) is 11.0 Å². The average molecular weight is 494 g/mol. The van der Waals surface area contributed by atoms with Crippen molar-refractivity contribution in [3.8, 4) is 0 Å². The topological polar surface area (TPSA) is 156 Å². The molecule has 0 saturated heterocycles. The molecule has 10 nitrogen and oxygen atoms in total. The molecule has 1 aliphatic carbocycles. The first-order valence-corrected chi connectivity index (χ1v) is 12.2. The monoisotopic (exact) mass is 493 g/mol. The maximum Gasteiger partial charge on any atom is 0.271 e. The smallest absolute Gasteiger partial charge is 0.271 e. The lowest BCUT2D eigenvalue weighted by molar-refractivity contribution is -0.131. The van der Waals surface area contributed by atoms with E-state index in [2.05, 4.69) is 15.6 Å². The van der Waals surface area contributed by atoms with Crippen molar-refractivity contribution < 1.29 is 14.4 Å². The van der Waals surface area contributed by atoms with Crippen LogP contribution in [0.25, 0.3) is 0 Å². The Bertz CT molecular complexity index is 1140. The van der Waals surface area contributed by atoms with E-state index in [1.807, 2.05) is 38.1 Å². The number of carbonyl (C=O) groups excluding carboxylic acids is 3. The molecule has 6 N–H and O–H groups in total. The molecule has 0 radical (unpaired) electrons. The minimum absolute atomic E-state index is 0.0000287. The number of aromatic nitrogens is 2. The molecule has 0 aliphatic heterocycles. The van der Waals surface area contributed by atoms with Crippen molar-refractivity contribution in [2.24, 2.45) is 11.5 Å². The van der Waals surface area contributed by atoms with Crippen molar-refractivity contribution in [1.29, 1.82) is 0 Å². The van der Waals surface area contributed by atoms with Gasteiger partial charge in [-0.3, -0.25) is 14.4 Å². The van der Waals surface area contributed by atoms with Gasteiger partial charge in [0.2, 0.25) is 11.8 Å². The Hall–Kier alpha value is -3.79. The number of primary amides is 1. The number of nitrogens with zero attached hydrogens (tertiary/aromatic N) is 3. The van der Waals surface area contributed by atoms with E-state index in [0.29, 0.717) is 24.7 Å². The standard InChI is InChI=1S/C26H35N7O3/c1-4-20-23(17-10-11-17)32-26(24(31-20)25(28)36)30-19-8-5-7-18(13-19)16(2)14-29-21(34)15-33(3)22(35)9-6-12-27/h5-9,13,16-17H,4,10-12,14-15,27H2,1-3H3,(H2,28,36)(H,29,34)(H,30,32)/b9-6+/t16-/m0/s1. The van der Waals surface area contributed by atoms with Crippen molar-refractivity contribution in [1.82, 2.24) is 20.2 Å². The highest BCUT2D eigenvalue weighted by atomic mass is 16.2. The second kappa shape index (κ2) is 12.3. The number of rotatable bonds is 12. The van der Waals surface area contributed by atoms with Gasteiger partial charge in [-0.15, -0.1) is 0 Å². The molecule has 1 aromatic heterocycles. The summed E-state index contributed by atoms with van der Waals surface area (Å²) in [5.74, 6) is -0.418. The maximum atomic E-state index is 12.3. The van der Waals surface area contributed by atoms with Gasteiger partial charge in [-0.05, 0) is 42.9 Å². The van der Waals surface area contributed by atoms with Crippen LogP contribution in [0.3, 0.4) is 0 Å². The summed E-state index contributed by atoms with van der Waals surface area (Å²) in [4.78, 5) is 46.9. The predicted octanol–water partition coefficient (Wildman–Crippen LogP) is 1.95. The van der Waals surface area contributed by atoms with Gasteiger partial charge >= 0.3 is 0 Å². The normalized spacial score (nSPS) is 13.9. The van der Waals surface area contributed by atoms with Crippen LogP contribution in [0, 0.1) is 0 Å². The maximum absolute atomic E-state index is 12.3. The van der Waals surface area contributed by atoms with E-state index >= 15 is 0 Å². The molecule has 1 atom stereocenters. The fourth-order valence-corrected chi connectivity index (χ4v) is 3.78. The minimum atomic E-state index is -0.628. The van der Waals surface area contributed by atoms with E-state index in [9.17, 15) is 14.4 Å². The zero-order chi connectivity index (χ0) is 26.2. The molecule has 3 rings (SSSR count). The predicted molar refractivity (Wildman–Crippen MR) is 139 cm³/mol. The van der Waals surface area contributed by atoms with Crippen LogP contribution < -0.4 is 22.1 Å². The molecule has 1 aromatic carbocycles. The molecule has 1 fully saturated rings. The number of likely N-dealkylation sites (N-methyl/N-ethyl adjacent to an activating group) is 1. The van der Waals surface area contributed by atoms with Gasteiger partial charge in [-0.1, -0.05) is 32.1 Å².